The minimum Gasteiger partial charge on any atom is -0.493 e. The Morgan fingerprint density at radius 1 is 1.31 bits per heavy atom. The first-order valence-corrected chi connectivity index (χ1v) is 5.78. The maximum atomic E-state index is 13.7. The molecule has 2 nitrogen and oxygen atoms in total. The van der Waals surface area contributed by atoms with Crippen molar-refractivity contribution in [1.29, 1.82) is 0 Å². The third-order valence-corrected chi connectivity index (χ3v) is 2.69. The zero-order valence-electron chi connectivity index (χ0n) is 10.1. The van der Waals surface area contributed by atoms with E-state index in [2.05, 4.69) is 0 Å². The van der Waals surface area contributed by atoms with Crippen LogP contribution in [0, 0.1) is 5.82 Å². The van der Waals surface area contributed by atoms with Gasteiger partial charge in [-0.3, -0.25) is 0 Å². The standard InChI is InChI=1S/C13H20FNO/c1-3-10-8-11(6-4-5-7-15)13(16-2)12(14)9-10/h8-9H,3-7,15H2,1-2H3. The van der Waals surface area contributed by atoms with E-state index in [-0.39, 0.29) is 5.82 Å². The van der Waals surface area contributed by atoms with Gasteiger partial charge in [0.2, 0.25) is 0 Å². The number of halogens is 1. The molecule has 0 aliphatic rings. The molecular formula is C13H20FNO. The van der Waals surface area contributed by atoms with Crippen molar-refractivity contribution in [2.45, 2.75) is 32.6 Å². The summed E-state index contributed by atoms with van der Waals surface area (Å²) in [7, 11) is 1.51. The van der Waals surface area contributed by atoms with Gasteiger partial charge in [-0.25, -0.2) is 4.39 Å². The highest BCUT2D eigenvalue weighted by Crippen LogP contribution is 2.26. The molecule has 0 atom stereocenters. The summed E-state index contributed by atoms with van der Waals surface area (Å²) in [6.07, 6.45) is 3.59. The third-order valence-electron chi connectivity index (χ3n) is 2.69. The van der Waals surface area contributed by atoms with Gasteiger partial charge in [-0.05, 0) is 49.4 Å². The van der Waals surface area contributed by atoms with Crippen molar-refractivity contribution < 1.29 is 9.13 Å². The van der Waals surface area contributed by atoms with Crippen LogP contribution in [0.3, 0.4) is 0 Å². The van der Waals surface area contributed by atoms with Gasteiger partial charge in [0, 0.05) is 0 Å². The van der Waals surface area contributed by atoms with Crippen LogP contribution in [-0.4, -0.2) is 13.7 Å². The van der Waals surface area contributed by atoms with E-state index in [9.17, 15) is 4.39 Å². The monoisotopic (exact) mass is 225 g/mol. The Balaban J connectivity index is 2.89. The summed E-state index contributed by atoms with van der Waals surface area (Å²) < 4.78 is 18.8. The summed E-state index contributed by atoms with van der Waals surface area (Å²) in [5.41, 5.74) is 7.41. The lowest BCUT2D eigenvalue weighted by molar-refractivity contribution is 0.380. The van der Waals surface area contributed by atoms with Crippen LogP contribution in [0.25, 0.3) is 0 Å². The van der Waals surface area contributed by atoms with Crippen molar-refractivity contribution >= 4 is 0 Å². The number of nitrogens with two attached hydrogens (primary N) is 1. The molecule has 0 spiro atoms. The van der Waals surface area contributed by atoms with E-state index in [0.717, 1.165) is 36.8 Å². The highest BCUT2D eigenvalue weighted by molar-refractivity contribution is 5.39. The van der Waals surface area contributed by atoms with Crippen LogP contribution in [0.2, 0.25) is 0 Å². The third kappa shape index (κ3) is 3.20. The molecule has 1 rings (SSSR count). The topological polar surface area (TPSA) is 35.2 Å². The normalized spacial score (nSPS) is 10.5. The zero-order valence-corrected chi connectivity index (χ0v) is 10.1. The Hall–Kier alpha value is -1.09. The minimum atomic E-state index is -0.260. The lowest BCUT2D eigenvalue weighted by Gasteiger charge is -2.11. The SMILES string of the molecule is CCc1cc(F)c(OC)c(CCCCN)c1. The zero-order chi connectivity index (χ0) is 12.0. The highest BCUT2D eigenvalue weighted by Gasteiger charge is 2.10. The van der Waals surface area contributed by atoms with Crippen LogP contribution in [0.5, 0.6) is 5.75 Å². The Morgan fingerprint density at radius 3 is 2.62 bits per heavy atom. The fourth-order valence-electron chi connectivity index (χ4n) is 1.79. The van der Waals surface area contributed by atoms with E-state index in [1.54, 1.807) is 6.07 Å². The fraction of sp³-hybridized carbons (Fsp3) is 0.538. The maximum Gasteiger partial charge on any atom is 0.165 e. The molecule has 0 amide bonds. The van der Waals surface area contributed by atoms with Gasteiger partial charge in [0.15, 0.2) is 11.6 Å². The number of benzene rings is 1. The first-order chi connectivity index (χ1) is 7.72. The molecule has 0 heterocycles. The summed E-state index contributed by atoms with van der Waals surface area (Å²) in [5.74, 6) is 0.124. The smallest absolute Gasteiger partial charge is 0.165 e. The lowest BCUT2D eigenvalue weighted by Crippen LogP contribution is -2.01. The number of methoxy groups -OCH3 is 1. The number of ether oxygens (including phenoxy) is 1. The van der Waals surface area contributed by atoms with E-state index in [0.29, 0.717) is 12.3 Å². The number of hydrogen-bond acceptors (Lipinski definition) is 2. The molecule has 0 saturated carbocycles. The van der Waals surface area contributed by atoms with Crippen molar-refractivity contribution in [2.24, 2.45) is 5.73 Å². The molecule has 3 heteroatoms. The molecule has 0 fully saturated rings. The quantitative estimate of drug-likeness (QED) is 0.755. The van der Waals surface area contributed by atoms with Crippen LogP contribution in [0.15, 0.2) is 12.1 Å². The number of aryl methyl sites for hydroxylation is 2. The van der Waals surface area contributed by atoms with Gasteiger partial charge in [-0.1, -0.05) is 13.0 Å². The Morgan fingerprint density at radius 2 is 2.06 bits per heavy atom. The van der Waals surface area contributed by atoms with Crippen LogP contribution < -0.4 is 10.5 Å². The predicted molar refractivity (Wildman–Crippen MR) is 64.3 cm³/mol. The van der Waals surface area contributed by atoms with Gasteiger partial charge in [0.1, 0.15) is 0 Å². The molecule has 1 aromatic carbocycles. The van der Waals surface area contributed by atoms with E-state index in [4.69, 9.17) is 10.5 Å². The molecular weight excluding hydrogens is 205 g/mol. The van der Waals surface area contributed by atoms with Gasteiger partial charge in [0.05, 0.1) is 7.11 Å². The molecule has 2 N–H and O–H groups in total. The second kappa shape index (κ2) is 6.48. The van der Waals surface area contributed by atoms with Gasteiger partial charge in [-0.2, -0.15) is 0 Å². The van der Waals surface area contributed by atoms with Gasteiger partial charge < -0.3 is 10.5 Å². The summed E-state index contributed by atoms with van der Waals surface area (Å²) in [4.78, 5) is 0. The number of hydrogen-bond donors (Lipinski definition) is 1. The van der Waals surface area contributed by atoms with Crippen LogP contribution in [0.1, 0.15) is 30.9 Å². The van der Waals surface area contributed by atoms with Gasteiger partial charge in [0.25, 0.3) is 0 Å². The first-order valence-electron chi connectivity index (χ1n) is 5.78. The van der Waals surface area contributed by atoms with Crippen molar-refractivity contribution in [1.82, 2.24) is 0 Å². The average molecular weight is 225 g/mol. The fourth-order valence-corrected chi connectivity index (χ4v) is 1.79. The summed E-state index contributed by atoms with van der Waals surface area (Å²) in [6.45, 7) is 2.70. The Labute approximate surface area is 96.6 Å². The number of unbranched alkanes of at least 4 members (excludes halogenated alkanes) is 1. The molecule has 0 aliphatic carbocycles. The van der Waals surface area contributed by atoms with Crippen molar-refractivity contribution in [3.63, 3.8) is 0 Å². The van der Waals surface area contributed by atoms with E-state index < -0.39 is 0 Å². The van der Waals surface area contributed by atoms with Crippen molar-refractivity contribution in [3.8, 4) is 5.75 Å². The average Bonchev–Trinajstić information content (AvgIpc) is 2.29. The second-order valence-corrected chi connectivity index (χ2v) is 3.87. The molecule has 0 saturated heterocycles. The highest BCUT2D eigenvalue weighted by atomic mass is 19.1. The largest absolute Gasteiger partial charge is 0.493 e. The van der Waals surface area contributed by atoms with Gasteiger partial charge in [-0.15, -0.1) is 0 Å². The molecule has 0 bridgehead atoms. The Kier molecular flexibility index (Phi) is 5.26. The molecule has 1 aromatic rings. The van der Waals surface area contributed by atoms with Crippen LogP contribution in [-0.2, 0) is 12.8 Å². The van der Waals surface area contributed by atoms with Gasteiger partial charge >= 0.3 is 0 Å². The minimum absolute atomic E-state index is 0.260. The van der Waals surface area contributed by atoms with Crippen LogP contribution >= 0.6 is 0 Å². The predicted octanol–water partition coefficient (Wildman–Crippen LogP) is 2.68. The van der Waals surface area contributed by atoms with Crippen molar-refractivity contribution in [2.75, 3.05) is 13.7 Å². The van der Waals surface area contributed by atoms with E-state index in [1.807, 2.05) is 13.0 Å². The maximum absolute atomic E-state index is 13.7. The Bertz CT molecular complexity index is 339. The summed E-state index contributed by atoms with van der Waals surface area (Å²) in [6, 6.07) is 3.57. The molecule has 0 aromatic heterocycles. The van der Waals surface area contributed by atoms with Crippen molar-refractivity contribution in [3.05, 3.63) is 29.1 Å². The summed E-state index contributed by atoms with van der Waals surface area (Å²) >= 11 is 0. The summed E-state index contributed by atoms with van der Waals surface area (Å²) in [5, 5.41) is 0. The number of rotatable bonds is 6. The van der Waals surface area contributed by atoms with E-state index >= 15 is 0 Å². The lowest BCUT2D eigenvalue weighted by atomic mass is 10.0. The first kappa shape index (κ1) is 13.0. The molecule has 90 valence electrons. The second-order valence-electron chi connectivity index (χ2n) is 3.87. The molecule has 16 heavy (non-hydrogen) atoms. The van der Waals surface area contributed by atoms with Crippen LogP contribution in [0.4, 0.5) is 4.39 Å². The van der Waals surface area contributed by atoms with E-state index in [1.165, 1.54) is 7.11 Å². The molecule has 0 unspecified atom stereocenters. The molecule has 0 aliphatic heterocycles. The molecule has 0 radical (unpaired) electrons.